The van der Waals surface area contributed by atoms with E-state index in [2.05, 4.69) is 24.1 Å². The summed E-state index contributed by atoms with van der Waals surface area (Å²) in [7, 11) is -14.8. The van der Waals surface area contributed by atoms with Crippen LogP contribution in [0.15, 0.2) is 39.0 Å². The Hall–Kier alpha value is -2.98. The molecule has 0 saturated heterocycles. The number of aromatic amines is 2. The van der Waals surface area contributed by atoms with Crippen molar-refractivity contribution in [2.24, 2.45) is 0 Å². The minimum atomic E-state index is -5.02. The molecule has 0 saturated carbocycles. The summed E-state index contributed by atoms with van der Waals surface area (Å²) in [6, 6.07) is 3.09. The van der Waals surface area contributed by atoms with Gasteiger partial charge < -0.3 is 14.2 Å². The van der Waals surface area contributed by atoms with Gasteiger partial charge in [-0.15, -0.1) is 0 Å². The van der Waals surface area contributed by atoms with Gasteiger partial charge >= 0.3 is 11.4 Å². The average Bonchev–Trinajstić information content (AvgIpc) is 3.27. The molecular formula is C14H10N4O12S4. The monoisotopic (exact) mass is 554 g/mol. The molecule has 0 fully saturated rings. The third-order valence-corrected chi connectivity index (χ3v) is 7.20. The van der Waals surface area contributed by atoms with E-state index in [1.54, 1.807) is 0 Å². The second-order valence-corrected chi connectivity index (χ2v) is 11.3. The summed E-state index contributed by atoms with van der Waals surface area (Å²) in [6.07, 6.45) is 0. The molecule has 0 aliphatic carbocycles. The molecule has 0 aliphatic rings. The smallest absolute Gasteiger partial charge is 0.357 e. The molecule has 1 atom stereocenters. The number of nitrogens with zero attached hydrogens (tertiary/aromatic N) is 2. The molecule has 0 radical (unpaired) electrons. The molecule has 6 N–H and O–H groups in total. The Kier molecular flexibility index (Phi) is 5.52. The molecule has 4 aromatic rings. The molecule has 2 aromatic heterocycles. The first kappa shape index (κ1) is 24.2. The lowest BCUT2D eigenvalue weighted by Crippen LogP contribution is -2.04. The number of aromatic nitrogens is 4. The number of hydrogen-bond donors (Lipinski definition) is 6. The molecule has 4 rings (SSSR count). The van der Waals surface area contributed by atoms with E-state index in [-0.39, 0.29) is 28.2 Å². The molecule has 182 valence electrons. The fourth-order valence-corrected chi connectivity index (χ4v) is 5.23. The van der Waals surface area contributed by atoms with Gasteiger partial charge in [-0.25, -0.2) is 9.97 Å². The van der Waals surface area contributed by atoms with Crippen molar-refractivity contribution in [3.05, 3.63) is 24.3 Å². The van der Waals surface area contributed by atoms with Crippen LogP contribution in [0.5, 0.6) is 5.75 Å². The third-order valence-electron chi connectivity index (χ3n) is 4.30. The zero-order valence-corrected chi connectivity index (χ0v) is 19.2. The lowest BCUT2D eigenvalue weighted by Gasteiger charge is -2.03. The fraction of sp³-hybridized carbons (Fsp3) is 0. The third kappa shape index (κ3) is 4.52. The van der Waals surface area contributed by atoms with Crippen LogP contribution in [0.25, 0.3) is 33.7 Å². The molecule has 1 unspecified atom stereocenters. The summed E-state index contributed by atoms with van der Waals surface area (Å²) < 4.78 is 123. The van der Waals surface area contributed by atoms with Crippen LogP contribution in [0.2, 0.25) is 0 Å². The molecule has 0 spiro atoms. The van der Waals surface area contributed by atoms with Crippen LogP contribution in [-0.2, 0) is 41.7 Å². The quantitative estimate of drug-likeness (QED) is 0.139. The van der Waals surface area contributed by atoms with Crippen molar-refractivity contribution in [1.82, 2.24) is 19.9 Å². The number of imidazole rings is 2. The van der Waals surface area contributed by atoms with Crippen LogP contribution in [-0.4, -0.2) is 67.6 Å². The highest BCUT2D eigenvalue weighted by Crippen LogP contribution is 2.32. The second-order valence-electron chi connectivity index (χ2n) is 6.53. The van der Waals surface area contributed by atoms with E-state index >= 15 is 0 Å². The summed E-state index contributed by atoms with van der Waals surface area (Å²) in [4.78, 5) is 10.4. The molecule has 2 heterocycles. The highest BCUT2D eigenvalue weighted by atomic mass is 32.2. The number of H-pyrrole nitrogens is 2. The highest BCUT2D eigenvalue weighted by molar-refractivity contribution is 7.87. The van der Waals surface area contributed by atoms with E-state index in [9.17, 15) is 43.1 Å². The lowest BCUT2D eigenvalue weighted by molar-refractivity contribution is 0.455. The van der Waals surface area contributed by atoms with Gasteiger partial charge in [-0.2, -0.15) is 29.5 Å². The van der Waals surface area contributed by atoms with Crippen LogP contribution < -0.4 is 4.18 Å². The molecule has 34 heavy (non-hydrogen) atoms. The maximum absolute atomic E-state index is 11.8. The topological polar surface area (TPSA) is 267 Å². The van der Waals surface area contributed by atoms with Crippen LogP contribution >= 0.6 is 0 Å². The maximum atomic E-state index is 11.8. The number of benzene rings is 2. The van der Waals surface area contributed by atoms with Crippen LogP contribution in [0.1, 0.15) is 0 Å². The predicted octanol–water partition coefficient (Wildman–Crippen LogP) is 0.362. The van der Waals surface area contributed by atoms with E-state index < -0.39 is 67.7 Å². The van der Waals surface area contributed by atoms with Gasteiger partial charge in [0, 0.05) is 12.1 Å². The normalized spacial score (nSPS) is 14.0. The summed E-state index contributed by atoms with van der Waals surface area (Å²) in [6.45, 7) is 0. The predicted molar refractivity (Wildman–Crippen MR) is 112 cm³/mol. The Morgan fingerprint density at radius 3 is 1.65 bits per heavy atom. The molecule has 16 nitrogen and oxygen atoms in total. The SMILES string of the molecule is O=S(O)Oc1cc(S(=O)(=O)O)c2nc(-c3nc4c(S(=O)(=O)O)cc(S(=O)(=O)O)cc4[nH]3)[nH]c2c1. The van der Waals surface area contributed by atoms with Gasteiger partial charge in [-0.05, 0) is 12.1 Å². The first-order valence-electron chi connectivity index (χ1n) is 8.33. The number of fused-ring (bicyclic) bond motifs is 2. The Labute approximate surface area is 191 Å². The van der Waals surface area contributed by atoms with E-state index in [4.69, 9.17) is 4.55 Å². The minimum absolute atomic E-state index is 0.125. The van der Waals surface area contributed by atoms with Crippen molar-refractivity contribution < 1.29 is 51.9 Å². The van der Waals surface area contributed by atoms with Gasteiger partial charge in [0.15, 0.2) is 11.6 Å². The van der Waals surface area contributed by atoms with Gasteiger partial charge in [0.05, 0.1) is 15.9 Å². The van der Waals surface area contributed by atoms with E-state index in [1.807, 2.05) is 0 Å². The lowest BCUT2D eigenvalue weighted by atomic mass is 10.3. The van der Waals surface area contributed by atoms with Gasteiger partial charge in [0.2, 0.25) is 0 Å². The molecule has 20 heteroatoms. The van der Waals surface area contributed by atoms with Crippen LogP contribution in [0, 0.1) is 0 Å². The largest absolute Gasteiger partial charge is 0.380 e. The van der Waals surface area contributed by atoms with E-state index in [1.165, 1.54) is 0 Å². The minimum Gasteiger partial charge on any atom is -0.380 e. The van der Waals surface area contributed by atoms with E-state index in [0.717, 1.165) is 18.2 Å². The van der Waals surface area contributed by atoms with Gasteiger partial charge in [-0.1, -0.05) is 0 Å². The first-order chi connectivity index (χ1) is 15.5. The molecule has 0 amide bonds. The van der Waals surface area contributed by atoms with Crippen molar-refractivity contribution >= 4 is 63.8 Å². The molecule has 0 bridgehead atoms. The molecule has 0 aliphatic heterocycles. The standard InChI is InChI=1S/C14H10N4O12S4/c19-31(20)30-5-1-7-11(9(2-5)33(24,25)26)17-13(15-7)14-16-8-3-6(32(21,22)23)4-10(12(8)18-14)34(27,28)29/h1-4H,(H,15,17)(H,16,18)(H,19,20)(H,21,22,23)(H,24,25,26)(H,27,28,29). The van der Waals surface area contributed by atoms with Crippen molar-refractivity contribution in [1.29, 1.82) is 0 Å². The Morgan fingerprint density at radius 1 is 0.735 bits per heavy atom. The number of rotatable bonds is 6. The molecule has 2 aromatic carbocycles. The summed E-state index contributed by atoms with van der Waals surface area (Å²) in [5.41, 5.74) is -1.20. The first-order valence-corrected chi connectivity index (χ1v) is 13.7. The molecular weight excluding hydrogens is 544 g/mol. The van der Waals surface area contributed by atoms with Crippen LogP contribution in [0.4, 0.5) is 0 Å². The number of nitrogens with one attached hydrogen (secondary N) is 2. The Morgan fingerprint density at radius 2 is 1.21 bits per heavy atom. The summed E-state index contributed by atoms with van der Waals surface area (Å²) in [5.74, 6) is -0.974. The van der Waals surface area contributed by atoms with Crippen molar-refractivity contribution in [3.63, 3.8) is 0 Å². The van der Waals surface area contributed by atoms with Crippen molar-refractivity contribution in [2.75, 3.05) is 0 Å². The van der Waals surface area contributed by atoms with Crippen molar-refractivity contribution in [2.45, 2.75) is 14.7 Å². The zero-order chi connectivity index (χ0) is 25.2. The fourth-order valence-electron chi connectivity index (χ4n) is 3.02. The summed E-state index contributed by atoms with van der Waals surface area (Å²) in [5, 5.41) is 0. The van der Waals surface area contributed by atoms with E-state index in [0.29, 0.717) is 6.07 Å². The zero-order valence-electron chi connectivity index (χ0n) is 15.9. The van der Waals surface area contributed by atoms with Crippen LogP contribution in [0.3, 0.4) is 0 Å². The summed E-state index contributed by atoms with van der Waals surface area (Å²) >= 11 is -2.83. The Balaban J connectivity index is 2.00. The maximum Gasteiger partial charge on any atom is 0.357 e. The van der Waals surface area contributed by atoms with Gasteiger partial charge in [0.25, 0.3) is 30.4 Å². The highest BCUT2D eigenvalue weighted by Gasteiger charge is 2.25. The van der Waals surface area contributed by atoms with Gasteiger partial charge in [0.1, 0.15) is 26.6 Å². The number of hydrogen-bond acceptors (Lipinski definition) is 10. The van der Waals surface area contributed by atoms with Gasteiger partial charge in [-0.3, -0.25) is 18.2 Å². The van der Waals surface area contributed by atoms with Crippen molar-refractivity contribution in [3.8, 4) is 17.4 Å². The Bertz CT molecular complexity index is 1840. The average molecular weight is 555 g/mol. The second kappa shape index (κ2) is 7.78.